The van der Waals surface area contributed by atoms with Crippen molar-refractivity contribution >= 4 is 33.3 Å². The van der Waals surface area contributed by atoms with E-state index in [0.29, 0.717) is 0 Å². The van der Waals surface area contributed by atoms with Crippen LogP contribution in [-0.2, 0) is 17.6 Å². The van der Waals surface area contributed by atoms with Crippen LogP contribution < -0.4 is 10.2 Å². The second kappa shape index (κ2) is 9.35. The van der Waals surface area contributed by atoms with Gasteiger partial charge in [0.15, 0.2) is 0 Å². The molecule has 0 saturated carbocycles. The minimum atomic E-state index is 0.0229. The van der Waals surface area contributed by atoms with Gasteiger partial charge in [0, 0.05) is 24.5 Å². The number of nitrogens with one attached hydrogen (secondary N) is 1. The number of fused-ring (bicyclic) bond motifs is 1. The molecule has 0 radical (unpaired) electrons. The number of aryl methyl sites for hydroxylation is 2. The number of hydrogen-bond donors (Lipinski definition) is 1. The minimum absolute atomic E-state index is 0.0229. The van der Waals surface area contributed by atoms with Crippen LogP contribution in [0.3, 0.4) is 0 Å². The molecule has 29 heavy (non-hydrogen) atoms. The van der Waals surface area contributed by atoms with Crippen LogP contribution in [0.5, 0.6) is 0 Å². The monoisotopic (exact) mass is 408 g/mol. The van der Waals surface area contributed by atoms with Crippen molar-refractivity contribution in [2.24, 2.45) is 5.92 Å². The molecule has 3 heterocycles. The molecular weight excluding hydrogens is 380 g/mol. The van der Waals surface area contributed by atoms with E-state index in [2.05, 4.69) is 57.4 Å². The van der Waals surface area contributed by atoms with Crippen LogP contribution in [0.2, 0.25) is 0 Å². The molecule has 1 N–H and O–H groups in total. The average Bonchev–Trinajstić information content (AvgIpc) is 3.21. The summed E-state index contributed by atoms with van der Waals surface area (Å²) in [7, 11) is 0. The number of rotatable bonds is 7. The molecule has 1 amide bonds. The van der Waals surface area contributed by atoms with Gasteiger partial charge in [-0.25, -0.2) is 9.97 Å². The lowest BCUT2D eigenvalue weighted by atomic mass is 9.97. The van der Waals surface area contributed by atoms with Crippen molar-refractivity contribution in [3.05, 3.63) is 53.2 Å². The molecule has 4 rings (SSSR count). The number of piperidine rings is 1. The standard InChI is InChI=1S/C23H28N4OS/c1-2-19-14-20-21(25-16-26-23(20)29-19)27-13-7-11-18(15-27)22(28)24-12-6-10-17-8-4-3-5-9-17/h3-5,8-9,14,16,18H,2,6-7,10-13,15H2,1H3,(H,24,28)/t18-/m0/s1. The smallest absolute Gasteiger partial charge is 0.224 e. The van der Waals surface area contributed by atoms with E-state index in [9.17, 15) is 4.79 Å². The van der Waals surface area contributed by atoms with E-state index in [1.54, 1.807) is 17.7 Å². The maximum atomic E-state index is 12.7. The van der Waals surface area contributed by atoms with Gasteiger partial charge >= 0.3 is 0 Å². The van der Waals surface area contributed by atoms with E-state index in [0.717, 1.165) is 67.8 Å². The average molecular weight is 409 g/mol. The summed E-state index contributed by atoms with van der Waals surface area (Å²) in [5.41, 5.74) is 1.32. The Morgan fingerprint density at radius 3 is 2.97 bits per heavy atom. The second-order valence-electron chi connectivity index (χ2n) is 7.65. The Morgan fingerprint density at radius 1 is 1.28 bits per heavy atom. The first-order valence-corrected chi connectivity index (χ1v) is 11.4. The van der Waals surface area contributed by atoms with Crippen LogP contribution >= 0.6 is 11.3 Å². The van der Waals surface area contributed by atoms with Crippen LogP contribution in [0.1, 0.15) is 36.6 Å². The molecule has 1 fully saturated rings. The highest BCUT2D eigenvalue weighted by molar-refractivity contribution is 7.18. The lowest BCUT2D eigenvalue weighted by Crippen LogP contribution is -2.43. The van der Waals surface area contributed by atoms with Crippen molar-refractivity contribution < 1.29 is 4.79 Å². The molecule has 5 nitrogen and oxygen atoms in total. The van der Waals surface area contributed by atoms with Crippen molar-refractivity contribution in [2.45, 2.75) is 39.0 Å². The normalized spacial score (nSPS) is 16.9. The van der Waals surface area contributed by atoms with Gasteiger partial charge in [-0.15, -0.1) is 11.3 Å². The molecule has 0 unspecified atom stereocenters. The third-order valence-electron chi connectivity index (χ3n) is 5.58. The van der Waals surface area contributed by atoms with E-state index >= 15 is 0 Å². The summed E-state index contributed by atoms with van der Waals surface area (Å²) in [4.78, 5) is 26.4. The molecule has 1 saturated heterocycles. The summed E-state index contributed by atoms with van der Waals surface area (Å²) in [6, 6.07) is 12.6. The zero-order chi connectivity index (χ0) is 20.1. The van der Waals surface area contributed by atoms with Crippen LogP contribution in [0.25, 0.3) is 10.2 Å². The Bertz CT molecular complexity index is 956. The van der Waals surface area contributed by atoms with Crippen molar-refractivity contribution in [1.29, 1.82) is 0 Å². The van der Waals surface area contributed by atoms with Crippen molar-refractivity contribution in [3.8, 4) is 0 Å². The minimum Gasteiger partial charge on any atom is -0.356 e. The van der Waals surface area contributed by atoms with Crippen molar-refractivity contribution in [3.63, 3.8) is 0 Å². The highest BCUT2D eigenvalue weighted by atomic mass is 32.1. The molecule has 0 bridgehead atoms. The third kappa shape index (κ3) is 4.75. The molecule has 1 aliphatic rings. The van der Waals surface area contributed by atoms with Gasteiger partial charge in [0.25, 0.3) is 0 Å². The van der Waals surface area contributed by atoms with E-state index in [1.807, 2.05) is 6.07 Å². The first-order chi connectivity index (χ1) is 14.2. The fraction of sp³-hybridized carbons (Fsp3) is 0.435. The Morgan fingerprint density at radius 2 is 2.14 bits per heavy atom. The Hall–Kier alpha value is -2.47. The number of hydrogen-bond acceptors (Lipinski definition) is 5. The topological polar surface area (TPSA) is 58.1 Å². The number of carbonyl (C=O) groups is 1. The van der Waals surface area contributed by atoms with Gasteiger partial charge in [0.05, 0.1) is 11.3 Å². The molecule has 0 spiro atoms. The molecular formula is C23H28N4OS. The summed E-state index contributed by atoms with van der Waals surface area (Å²) >= 11 is 1.74. The number of anilines is 1. The summed E-state index contributed by atoms with van der Waals surface area (Å²) in [5.74, 6) is 1.18. The first kappa shape index (κ1) is 19.8. The number of amides is 1. The fourth-order valence-corrected chi connectivity index (χ4v) is 4.93. The van der Waals surface area contributed by atoms with Gasteiger partial charge in [0.2, 0.25) is 5.91 Å². The number of benzene rings is 1. The molecule has 1 atom stereocenters. The molecule has 0 aliphatic carbocycles. The number of thiophene rings is 1. The summed E-state index contributed by atoms with van der Waals surface area (Å²) in [6.07, 6.45) is 6.58. The second-order valence-corrected chi connectivity index (χ2v) is 8.76. The van der Waals surface area contributed by atoms with Gasteiger partial charge in [-0.05, 0) is 43.7 Å². The molecule has 1 aromatic carbocycles. The van der Waals surface area contributed by atoms with Gasteiger partial charge in [-0.3, -0.25) is 4.79 Å². The van der Waals surface area contributed by atoms with Crippen molar-refractivity contribution in [1.82, 2.24) is 15.3 Å². The number of carbonyl (C=O) groups excluding carboxylic acids is 1. The first-order valence-electron chi connectivity index (χ1n) is 10.5. The Labute approximate surface area is 176 Å². The van der Waals surface area contributed by atoms with E-state index < -0.39 is 0 Å². The maximum absolute atomic E-state index is 12.7. The number of aromatic nitrogens is 2. The van der Waals surface area contributed by atoms with Crippen LogP contribution in [-0.4, -0.2) is 35.5 Å². The summed E-state index contributed by atoms with van der Waals surface area (Å²) < 4.78 is 0. The lowest BCUT2D eigenvalue weighted by Gasteiger charge is -2.33. The van der Waals surface area contributed by atoms with Crippen LogP contribution in [0.4, 0.5) is 5.82 Å². The largest absolute Gasteiger partial charge is 0.356 e. The van der Waals surface area contributed by atoms with Gasteiger partial charge in [0.1, 0.15) is 17.0 Å². The van der Waals surface area contributed by atoms with Gasteiger partial charge < -0.3 is 10.2 Å². The molecule has 2 aromatic heterocycles. The van der Waals surface area contributed by atoms with E-state index in [1.165, 1.54) is 10.4 Å². The van der Waals surface area contributed by atoms with Gasteiger partial charge in [-0.2, -0.15) is 0 Å². The highest BCUT2D eigenvalue weighted by Crippen LogP contribution is 2.32. The maximum Gasteiger partial charge on any atom is 0.224 e. The highest BCUT2D eigenvalue weighted by Gasteiger charge is 2.27. The Kier molecular flexibility index (Phi) is 6.39. The molecule has 6 heteroatoms. The SMILES string of the molecule is CCc1cc2c(N3CCC[C@H](C(=O)NCCCc4ccccc4)C3)ncnc2s1. The van der Waals surface area contributed by atoms with Crippen LogP contribution in [0.15, 0.2) is 42.7 Å². The fourth-order valence-electron chi connectivity index (χ4n) is 4.00. The predicted octanol–water partition coefficient (Wildman–Crippen LogP) is 4.22. The molecule has 3 aromatic rings. The predicted molar refractivity (Wildman–Crippen MR) is 120 cm³/mol. The molecule has 152 valence electrons. The lowest BCUT2D eigenvalue weighted by molar-refractivity contribution is -0.125. The van der Waals surface area contributed by atoms with Crippen molar-refractivity contribution in [2.75, 3.05) is 24.5 Å². The summed E-state index contributed by atoms with van der Waals surface area (Å²) in [5, 5.41) is 4.27. The quantitative estimate of drug-likeness (QED) is 0.595. The zero-order valence-electron chi connectivity index (χ0n) is 16.9. The van der Waals surface area contributed by atoms with Crippen LogP contribution in [0, 0.1) is 5.92 Å². The van der Waals surface area contributed by atoms with E-state index in [-0.39, 0.29) is 11.8 Å². The van der Waals surface area contributed by atoms with E-state index in [4.69, 9.17) is 0 Å². The zero-order valence-corrected chi connectivity index (χ0v) is 17.8. The summed E-state index contributed by atoms with van der Waals surface area (Å²) in [6.45, 7) is 4.57. The Balaban J connectivity index is 1.34. The number of nitrogens with zero attached hydrogens (tertiary/aromatic N) is 3. The molecule has 1 aliphatic heterocycles. The van der Waals surface area contributed by atoms with Gasteiger partial charge in [-0.1, -0.05) is 37.3 Å². The third-order valence-corrected chi connectivity index (χ3v) is 6.77.